The number of amides is 1. The molecule has 0 spiro atoms. The Morgan fingerprint density at radius 3 is 2.70 bits per heavy atom. The minimum absolute atomic E-state index is 0. The molecule has 0 atom stereocenters. The Balaban J connectivity index is 0.00000484. The van der Waals surface area contributed by atoms with Crippen LogP contribution in [0.1, 0.15) is 56.0 Å². The lowest BCUT2D eigenvalue weighted by Crippen LogP contribution is -2.24. The van der Waals surface area contributed by atoms with Crippen LogP contribution in [-0.4, -0.2) is 31.4 Å². The molecule has 0 aliphatic rings. The zero-order chi connectivity index (χ0) is 16.2. The van der Waals surface area contributed by atoms with Gasteiger partial charge >= 0.3 is 0 Å². The first kappa shape index (κ1) is 21.6. The van der Waals surface area contributed by atoms with Gasteiger partial charge in [0.25, 0.3) is 5.91 Å². The number of ketones is 1. The number of hydrogen-bond donors (Lipinski definition) is 1. The molecule has 0 heterocycles. The smallest absolute Gasteiger partial charge is 0.251 e. The van der Waals surface area contributed by atoms with E-state index in [9.17, 15) is 9.59 Å². The van der Waals surface area contributed by atoms with Crippen LogP contribution < -0.4 is 5.32 Å². The molecule has 0 radical (unpaired) electrons. The predicted octanol–water partition coefficient (Wildman–Crippen LogP) is 3.96. The Hall–Kier alpha value is -1.39. The molecule has 1 N–H and O–H groups in total. The third kappa shape index (κ3) is 9.36. The van der Waals surface area contributed by atoms with Gasteiger partial charge in [0.1, 0.15) is 6.61 Å². The molecule has 1 rings (SSSR count). The molecule has 0 unspecified atom stereocenters. The number of hydrogen-bond acceptors (Lipinski definition) is 3. The number of unbranched alkanes of at least 4 members (excludes halogenated alkanes) is 2. The van der Waals surface area contributed by atoms with Crippen molar-refractivity contribution < 1.29 is 14.3 Å². The molecule has 23 heavy (non-hydrogen) atoms. The number of halogens is 1. The van der Waals surface area contributed by atoms with E-state index >= 15 is 0 Å². The molecule has 0 aliphatic heterocycles. The van der Waals surface area contributed by atoms with E-state index < -0.39 is 0 Å². The topological polar surface area (TPSA) is 55.4 Å². The second-order valence-electron chi connectivity index (χ2n) is 5.08. The van der Waals surface area contributed by atoms with E-state index in [-0.39, 0.29) is 25.7 Å². The van der Waals surface area contributed by atoms with Crippen LogP contribution in [-0.2, 0) is 15.4 Å². The van der Waals surface area contributed by atoms with Crippen LogP contribution >= 0.6 is 11.6 Å². The van der Waals surface area contributed by atoms with Crippen LogP contribution in [0.3, 0.4) is 0 Å². The van der Waals surface area contributed by atoms with E-state index in [1.54, 1.807) is 12.1 Å². The summed E-state index contributed by atoms with van der Waals surface area (Å²) in [6.07, 6.45) is 3.16. The molecule has 0 fully saturated rings. The van der Waals surface area contributed by atoms with Crippen molar-refractivity contribution in [3.8, 4) is 0 Å². The van der Waals surface area contributed by atoms with E-state index in [1.807, 2.05) is 19.1 Å². The highest BCUT2D eigenvalue weighted by Gasteiger charge is 2.05. The number of Topliss-reactive ketones (excluding diaryl/α,β-unsaturated/α-hetero) is 1. The molecule has 1 aromatic rings. The van der Waals surface area contributed by atoms with Gasteiger partial charge in [0, 0.05) is 31.0 Å². The first-order valence-corrected chi connectivity index (χ1v) is 8.23. The fourth-order valence-corrected chi connectivity index (χ4v) is 2.18. The van der Waals surface area contributed by atoms with Crippen molar-refractivity contribution in [2.45, 2.75) is 45.9 Å². The van der Waals surface area contributed by atoms with Crippen LogP contribution in [0.5, 0.6) is 0 Å². The number of alkyl halides is 1. The average molecular weight is 342 g/mol. The van der Waals surface area contributed by atoms with Crippen LogP contribution in [0.4, 0.5) is 0 Å². The predicted molar refractivity (Wildman–Crippen MR) is 95.0 cm³/mol. The molecule has 0 saturated carbocycles. The lowest BCUT2D eigenvalue weighted by atomic mass is 10.1. The van der Waals surface area contributed by atoms with Crippen molar-refractivity contribution in [1.82, 2.24) is 5.32 Å². The average Bonchev–Trinajstić information content (AvgIpc) is 2.55. The Kier molecular flexibility index (Phi) is 12.3. The van der Waals surface area contributed by atoms with Crippen molar-refractivity contribution in [1.29, 1.82) is 0 Å². The van der Waals surface area contributed by atoms with Crippen molar-refractivity contribution in [2.24, 2.45) is 0 Å². The second kappa shape index (κ2) is 13.1. The van der Waals surface area contributed by atoms with Gasteiger partial charge in [-0.3, -0.25) is 9.59 Å². The van der Waals surface area contributed by atoms with E-state index in [2.05, 4.69) is 5.32 Å². The van der Waals surface area contributed by atoms with E-state index in [0.29, 0.717) is 31.0 Å². The number of ether oxygens (including phenoxy) is 1. The van der Waals surface area contributed by atoms with Crippen molar-refractivity contribution >= 4 is 23.3 Å². The first-order valence-electron chi connectivity index (χ1n) is 7.70. The normalized spacial score (nSPS) is 10.0. The summed E-state index contributed by atoms with van der Waals surface area (Å²) in [6, 6.07) is 7.30. The molecular formula is C18H28ClNO3. The summed E-state index contributed by atoms with van der Waals surface area (Å²) in [4.78, 5) is 23.3. The van der Waals surface area contributed by atoms with Crippen LogP contribution in [0.15, 0.2) is 24.3 Å². The molecule has 4 nitrogen and oxygen atoms in total. The summed E-state index contributed by atoms with van der Waals surface area (Å²) >= 11 is 5.75. The molecule has 1 aromatic carbocycles. The zero-order valence-electron chi connectivity index (χ0n) is 13.1. The van der Waals surface area contributed by atoms with Crippen molar-refractivity contribution in [2.75, 3.05) is 19.8 Å². The van der Waals surface area contributed by atoms with Crippen molar-refractivity contribution in [3.63, 3.8) is 0 Å². The Bertz CT molecular complexity index is 477. The SMILES string of the molecule is C.CCOCC(=O)CCCCCNC(=O)c1cccc(CCl)c1. The molecule has 0 bridgehead atoms. The summed E-state index contributed by atoms with van der Waals surface area (Å²) < 4.78 is 5.06. The molecular weight excluding hydrogens is 314 g/mol. The summed E-state index contributed by atoms with van der Waals surface area (Å²) in [6.45, 7) is 3.27. The maximum Gasteiger partial charge on any atom is 0.251 e. The molecule has 1 amide bonds. The van der Waals surface area contributed by atoms with Gasteiger partial charge in [-0.2, -0.15) is 0 Å². The van der Waals surface area contributed by atoms with E-state index in [1.165, 1.54) is 0 Å². The Labute approximate surface area is 144 Å². The van der Waals surface area contributed by atoms with Gasteiger partial charge in [0.2, 0.25) is 0 Å². The molecule has 0 aromatic heterocycles. The second-order valence-corrected chi connectivity index (χ2v) is 5.34. The van der Waals surface area contributed by atoms with E-state index in [0.717, 1.165) is 24.8 Å². The maximum atomic E-state index is 11.9. The molecule has 0 saturated heterocycles. The van der Waals surface area contributed by atoms with Crippen molar-refractivity contribution in [3.05, 3.63) is 35.4 Å². The highest BCUT2D eigenvalue weighted by atomic mass is 35.5. The lowest BCUT2D eigenvalue weighted by molar-refractivity contribution is -0.123. The summed E-state index contributed by atoms with van der Waals surface area (Å²) in [7, 11) is 0. The minimum atomic E-state index is -0.0839. The Morgan fingerprint density at radius 2 is 2.00 bits per heavy atom. The third-order valence-electron chi connectivity index (χ3n) is 3.23. The number of carbonyl (C=O) groups is 2. The lowest BCUT2D eigenvalue weighted by Gasteiger charge is -2.06. The van der Waals surface area contributed by atoms with Gasteiger partial charge in [0.05, 0.1) is 0 Å². The van der Waals surface area contributed by atoms with Crippen LogP contribution in [0.25, 0.3) is 0 Å². The molecule has 130 valence electrons. The highest BCUT2D eigenvalue weighted by molar-refractivity contribution is 6.17. The highest BCUT2D eigenvalue weighted by Crippen LogP contribution is 2.08. The van der Waals surface area contributed by atoms with Gasteiger partial charge in [0.15, 0.2) is 5.78 Å². The van der Waals surface area contributed by atoms with Gasteiger partial charge < -0.3 is 10.1 Å². The standard InChI is InChI=1S/C17H24ClNO3.CH4/c1-2-22-13-16(20)9-4-3-5-10-19-17(21)15-8-6-7-14(11-15)12-18;/h6-8,11H,2-5,9-10,12-13H2,1H3,(H,19,21);1H4. The van der Waals surface area contributed by atoms with Gasteiger partial charge in [-0.1, -0.05) is 26.0 Å². The monoisotopic (exact) mass is 341 g/mol. The number of nitrogens with one attached hydrogen (secondary N) is 1. The fraction of sp³-hybridized carbons (Fsp3) is 0.556. The largest absolute Gasteiger partial charge is 0.374 e. The molecule has 5 heteroatoms. The summed E-state index contributed by atoms with van der Waals surface area (Å²) in [5.41, 5.74) is 1.56. The maximum absolute atomic E-state index is 11.9. The number of rotatable bonds is 11. The van der Waals surface area contributed by atoms with E-state index in [4.69, 9.17) is 16.3 Å². The number of benzene rings is 1. The number of carbonyl (C=O) groups excluding carboxylic acids is 2. The van der Waals surface area contributed by atoms with Gasteiger partial charge in [-0.05, 0) is 37.5 Å². The Morgan fingerprint density at radius 1 is 1.22 bits per heavy atom. The van der Waals surface area contributed by atoms with Gasteiger partial charge in [-0.15, -0.1) is 11.6 Å². The summed E-state index contributed by atoms with van der Waals surface area (Å²) in [5, 5.41) is 2.88. The minimum Gasteiger partial charge on any atom is -0.374 e. The first-order chi connectivity index (χ1) is 10.7. The molecule has 0 aliphatic carbocycles. The van der Waals surface area contributed by atoms with Gasteiger partial charge in [-0.25, -0.2) is 0 Å². The zero-order valence-corrected chi connectivity index (χ0v) is 13.8. The van der Waals surface area contributed by atoms with Crippen LogP contribution in [0, 0.1) is 0 Å². The fourth-order valence-electron chi connectivity index (χ4n) is 2.01. The summed E-state index contributed by atoms with van der Waals surface area (Å²) in [5.74, 6) is 0.458. The quantitative estimate of drug-likeness (QED) is 0.489. The van der Waals surface area contributed by atoms with Crippen LogP contribution in [0.2, 0.25) is 0 Å². The third-order valence-corrected chi connectivity index (χ3v) is 3.54.